The zero-order valence-corrected chi connectivity index (χ0v) is 10.0. The van der Waals surface area contributed by atoms with Crippen LogP contribution in [0.5, 0.6) is 0 Å². The number of hydrogen-bond acceptors (Lipinski definition) is 3. The fraction of sp³-hybridized carbons (Fsp3) is 0.333. The van der Waals surface area contributed by atoms with Crippen LogP contribution in [0.25, 0.3) is 0 Å². The van der Waals surface area contributed by atoms with Crippen LogP contribution in [0.3, 0.4) is 0 Å². The van der Waals surface area contributed by atoms with Crippen molar-refractivity contribution in [2.24, 2.45) is 0 Å². The van der Waals surface area contributed by atoms with E-state index in [1.54, 1.807) is 0 Å². The predicted octanol–water partition coefficient (Wildman–Crippen LogP) is 2.22. The third-order valence-electron chi connectivity index (χ3n) is 2.59. The van der Waals surface area contributed by atoms with Crippen molar-refractivity contribution < 1.29 is 13.9 Å². The van der Waals surface area contributed by atoms with E-state index in [4.69, 9.17) is 0 Å². The Balaban J connectivity index is 2.38. The number of hydrogen-bond donors (Lipinski definition) is 1. The third-order valence-corrected chi connectivity index (χ3v) is 2.59. The number of halogens is 2. The van der Waals surface area contributed by atoms with Gasteiger partial charge in [-0.15, -0.1) is 0 Å². The van der Waals surface area contributed by atoms with Gasteiger partial charge in [0.1, 0.15) is 12.4 Å². The van der Waals surface area contributed by atoms with Crippen LogP contribution in [0.4, 0.5) is 8.78 Å². The van der Waals surface area contributed by atoms with Crippen LogP contribution in [0.1, 0.15) is 37.4 Å². The molecule has 0 bridgehead atoms. The fourth-order valence-electron chi connectivity index (χ4n) is 1.68. The number of aliphatic hydroxyl groups excluding tert-OH is 1. The Morgan fingerprint density at radius 3 is 2.56 bits per heavy atom. The Hall–Kier alpha value is -1.82. The first kappa shape index (κ1) is 12.6. The normalized spacial score (nSPS) is 13.0. The molecule has 2 rings (SSSR count). The van der Waals surface area contributed by atoms with Crippen molar-refractivity contribution in [3.05, 3.63) is 47.5 Å². The summed E-state index contributed by atoms with van der Waals surface area (Å²) in [7, 11) is 0. The van der Waals surface area contributed by atoms with Crippen LogP contribution in [-0.2, 0) is 0 Å². The number of benzene rings is 1. The van der Waals surface area contributed by atoms with E-state index in [0.717, 1.165) is 12.1 Å². The number of rotatable bonds is 3. The number of nitrogens with zero attached hydrogens (tertiary/aromatic N) is 3. The van der Waals surface area contributed by atoms with Gasteiger partial charge in [0.05, 0.1) is 0 Å². The molecular weight excluding hydrogens is 240 g/mol. The van der Waals surface area contributed by atoms with Crippen LogP contribution in [0, 0.1) is 11.6 Å². The summed E-state index contributed by atoms with van der Waals surface area (Å²) < 4.78 is 27.5. The van der Waals surface area contributed by atoms with E-state index >= 15 is 0 Å². The molecule has 18 heavy (non-hydrogen) atoms. The molecule has 6 heteroatoms. The second-order valence-electron chi connectivity index (χ2n) is 4.23. The smallest absolute Gasteiger partial charge is 0.160 e. The van der Waals surface area contributed by atoms with Gasteiger partial charge in [0.2, 0.25) is 0 Å². The summed E-state index contributed by atoms with van der Waals surface area (Å²) >= 11 is 0. The van der Waals surface area contributed by atoms with Crippen LogP contribution >= 0.6 is 0 Å². The van der Waals surface area contributed by atoms with Gasteiger partial charge in [-0.2, -0.15) is 5.10 Å². The molecule has 0 spiro atoms. The van der Waals surface area contributed by atoms with Crippen molar-refractivity contribution in [1.82, 2.24) is 14.8 Å². The molecule has 0 radical (unpaired) electrons. The van der Waals surface area contributed by atoms with E-state index < -0.39 is 17.7 Å². The van der Waals surface area contributed by atoms with Crippen molar-refractivity contribution in [1.29, 1.82) is 0 Å². The Kier molecular flexibility index (Phi) is 3.38. The Bertz CT molecular complexity index is 554. The summed E-state index contributed by atoms with van der Waals surface area (Å²) in [4.78, 5) is 3.95. The van der Waals surface area contributed by atoms with Gasteiger partial charge in [0, 0.05) is 6.04 Å². The predicted molar refractivity (Wildman–Crippen MR) is 60.8 cm³/mol. The minimum absolute atomic E-state index is 0.0162. The molecule has 1 aromatic carbocycles. The summed E-state index contributed by atoms with van der Waals surface area (Å²) in [5.74, 6) is -1.64. The van der Waals surface area contributed by atoms with Crippen LogP contribution in [0.15, 0.2) is 24.5 Å². The lowest BCUT2D eigenvalue weighted by molar-refractivity contribution is 0.199. The maximum absolute atomic E-state index is 13.1. The summed E-state index contributed by atoms with van der Waals surface area (Å²) in [5, 5.41) is 14.1. The standard InChI is InChI=1S/C12H13F2N3O/c1-7(2)17-12(15-6-16-17)11(18)8-3-4-9(13)10(14)5-8/h3-7,11,18H,1-2H3. The van der Waals surface area contributed by atoms with Gasteiger partial charge in [-0.05, 0) is 31.5 Å². The first-order chi connectivity index (χ1) is 8.50. The Morgan fingerprint density at radius 1 is 1.22 bits per heavy atom. The summed E-state index contributed by atoms with van der Waals surface area (Å²) in [6, 6.07) is 3.27. The zero-order chi connectivity index (χ0) is 13.3. The average Bonchev–Trinajstić information content (AvgIpc) is 2.81. The van der Waals surface area contributed by atoms with Crippen molar-refractivity contribution in [3.8, 4) is 0 Å². The summed E-state index contributed by atoms with van der Waals surface area (Å²) in [6.07, 6.45) is 0.184. The van der Waals surface area contributed by atoms with E-state index in [1.807, 2.05) is 13.8 Å². The molecule has 2 aromatic rings. The molecule has 0 fully saturated rings. The quantitative estimate of drug-likeness (QED) is 0.912. The minimum atomic E-state index is -1.13. The van der Waals surface area contributed by atoms with E-state index in [0.29, 0.717) is 5.82 Å². The van der Waals surface area contributed by atoms with Crippen LogP contribution in [0.2, 0.25) is 0 Å². The van der Waals surface area contributed by atoms with Crippen molar-refractivity contribution in [2.45, 2.75) is 26.0 Å². The van der Waals surface area contributed by atoms with E-state index in [2.05, 4.69) is 10.1 Å². The first-order valence-corrected chi connectivity index (χ1v) is 5.53. The monoisotopic (exact) mass is 253 g/mol. The molecule has 0 aliphatic rings. The third kappa shape index (κ3) is 2.24. The molecule has 0 amide bonds. The van der Waals surface area contributed by atoms with Gasteiger partial charge in [-0.3, -0.25) is 0 Å². The molecule has 96 valence electrons. The number of aliphatic hydroxyl groups is 1. The SMILES string of the molecule is CC(C)n1ncnc1C(O)c1ccc(F)c(F)c1. The van der Waals surface area contributed by atoms with Gasteiger partial charge >= 0.3 is 0 Å². The van der Waals surface area contributed by atoms with Gasteiger partial charge in [0.25, 0.3) is 0 Å². The largest absolute Gasteiger partial charge is 0.380 e. The maximum atomic E-state index is 13.1. The second kappa shape index (κ2) is 4.81. The molecule has 1 unspecified atom stereocenters. The second-order valence-corrected chi connectivity index (χ2v) is 4.23. The highest BCUT2D eigenvalue weighted by atomic mass is 19.2. The highest BCUT2D eigenvalue weighted by Gasteiger charge is 2.19. The van der Waals surface area contributed by atoms with E-state index in [9.17, 15) is 13.9 Å². The molecule has 4 nitrogen and oxygen atoms in total. The average molecular weight is 253 g/mol. The van der Waals surface area contributed by atoms with Crippen LogP contribution < -0.4 is 0 Å². The molecule has 1 atom stereocenters. The molecule has 0 aliphatic heterocycles. The molecule has 0 aliphatic carbocycles. The minimum Gasteiger partial charge on any atom is -0.380 e. The molecular formula is C12H13F2N3O. The molecule has 1 heterocycles. The Labute approximate surface area is 103 Å². The fourth-order valence-corrected chi connectivity index (χ4v) is 1.68. The molecule has 1 aromatic heterocycles. The van der Waals surface area contributed by atoms with Gasteiger partial charge in [-0.1, -0.05) is 6.07 Å². The van der Waals surface area contributed by atoms with Gasteiger partial charge in [0.15, 0.2) is 17.5 Å². The van der Waals surface area contributed by atoms with Crippen molar-refractivity contribution in [2.75, 3.05) is 0 Å². The van der Waals surface area contributed by atoms with Crippen molar-refractivity contribution >= 4 is 0 Å². The molecule has 0 saturated carbocycles. The van der Waals surface area contributed by atoms with Gasteiger partial charge in [-0.25, -0.2) is 18.4 Å². The highest BCUT2D eigenvalue weighted by Crippen LogP contribution is 2.23. The first-order valence-electron chi connectivity index (χ1n) is 5.53. The lowest BCUT2D eigenvalue weighted by Crippen LogP contribution is -2.13. The van der Waals surface area contributed by atoms with E-state index in [-0.39, 0.29) is 11.6 Å². The lowest BCUT2D eigenvalue weighted by atomic mass is 10.1. The van der Waals surface area contributed by atoms with E-state index in [1.165, 1.54) is 17.1 Å². The number of aromatic nitrogens is 3. The Morgan fingerprint density at radius 2 is 1.94 bits per heavy atom. The molecule has 1 N–H and O–H groups in total. The van der Waals surface area contributed by atoms with Gasteiger partial charge < -0.3 is 5.11 Å². The van der Waals surface area contributed by atoms with Crippen molar-refractivity contribution in [3.63, 3.8) is 0 Å². The highest BCUT2D eigenvalue weighted by molar-refractivity contribution is 5.24. The zero-order valence-electron chi connectivity index (χ0n) is 10.0. The lowest BCUT2D eigenvalue weighted by Gasteiger charge is -2.14. The molecule has 0 saturated heterocycles. The van der Waals surface area contributed by atoms with Crippen LogP contribution in [-0.4, -0.2) is 19.9 Å². The summed E-state index contributed by atoms with van der Waals surface area (Å²) in [6.45, 7) is 3.77. The summed E-state index contributed by atoms with van der Waals surface area (Å²) in [5.41, 5.74) is 0.240. The maximum Gasteiger partial charge on any atom is 0.160 e. The topological polar surface area (TPSA) is 50.9 Å².